The predicted octanol–water partition coefficient (Wildman–Crippen LogP) is 3.85. The van der Waals surface area contributed by atoms with Gasteiger partial charge >= 0.3 is 5.97 Å². The molecular weight excluding hydrogens is 446 g/mol. The normalized spacial score (nSPS) is 11.3. The Morgan fingerprint density at radius 2 is 1.83 bits per heavy atom. The molecule has 10 heteroatoms. The van der Waals surface area contributed by atoms with Gasteiger partial charge in [-0.25, -0.2) is 9.78 Å². The van der Waals surface area contributed by atoms with Gasteiger partial charge in [-0.3, -0.25) is 4.68 Å². The first-order chi connectivity index (χ1) is 16.9. The number of methoxy groups -OCH3 is 1. The zero-order chi connectivity index (χ0) is 24.7. The minimum atomic E-state index is -1.03. The maximum absolute atomic E-state index is 11.9. The fourth-order valence-corrected chi connectivity index (χ4v) is 4.24. The van der Waals surface area contributed by atoms with Crippen LogP contribution in [0.3, 0.4) is 0 Å². The molecule has 1 N–H and O–H groups in total. The van der Waals surface area contributed by atoms with Crippen molar-refractivity contribution in [2.75, 3.05) is 7.11 Å². The van der Waals surface area contributed by atoms with Crippen molar-refractivity contribution in [3.8, 4) is 28.7 Å². The Kier molecular flexibility index (Phi) is 5.56. The third-order valence-corrected chi connectivity index (χ3v) is 5.99. The molecule has 0 bridgehead atoms. The fourth-order valence-electron chi connectivity index (χ4n) is 4.24. The minimum Gasteiger partial charge on any atom is -0.497 e. The molecule has 0 saturated carbocycles. The molecule has 1 aromatic carbocycles. The summed E-state index contributed by atoms with van der Waals surface area (Å²) in [5.41, 5.74) is 4.27. The topological polar surface area (TPSA) is 112 Å². The van der Waals surface area contributed by atoms with Crippen LogP contribution < -0.4 is 4.74 Å². The number of fused-ring (bicyclic) bond motifs is 1. The number of nitrogens with zero attached hydrogens (tertiary/aromatic N) is 7. The Labute approximate surface area is 201 Å². The zero-order valence-electron chi connectivity index (χ0n) is 19.9. The largest absolute Gasteiger partial charge is 0.497 e. The van der Waals surface area contributed by atoms with Crippen molar-refractivity contribution in [2.24, 2.45) is 0 Å². The fraction of sp³-hybridized carbons (Fsp3) is 0.240. The molecule has 178 valence electrons. The van der Waals surface area contributed by atoms with Crippen LogP contribution in [-0.2, 0) is 13.1 Å². The molecule has 5 aromatic rings. The van der Waals surface area contributed by atoms with Gasteiger partial charge in [-0.1, -0.05) is 12.1 Å². The van der Waals surface area contributed by atoms with E-state index in [1.807, 2.05) is 60.4 Å². The minimum absolute atomic E-state index is 0.142. The first-order valence-electron chi connectivity index (χ1n) is 11.2. The molecule has 0 radical (unpaired) electrons. The van der Waals surface area contributed by atoms with Gasteiger partial charge in [0.2, 0.25) is 0 Å². The molecule has 0 atom stereocenters. The van der Waals surface area contributed by atoms with Crippen LogP contribution in [-0.4, -0.2) is 52.1 Å². The van der Waals surface area contributed by atoms with Crippen molar-refractivity contribution in [1.29, 1.82) is 0 Å². The van der Waals surface area contributed by atoms with Crippen LogP contribution in [0.2, 0.25) is 0 Å². The first kappa shape index (κ1) is 22.3. The highest BCUT2D eigenvalue weighted by molar-refractivity contribution is 5.91. The lowest BCUT2D eigenvalue weighted by Crippen LogP contribution is -2.09. The van der Waals surface area contributed by atoms with Crippen LogP contribution in [0.4, 0.5) is 0 Å². The summed E-state index contributed by atoms with van der Waals surface area (Å²) in [6, 6.07) is 11.4. The van der Waals surface area contributed by atoms with E-state index in [0.29, 0.717) is 36.1 Å². The number of benzene rings is 1. The number of hydrogen-bond acceptors (Lipinski definition) is 6. The van der Waals surface area contributed by atoms with Crippen molar-refractivity contribution in [3.63, 3.8) is 0 Å². The number of ether oxygens (including phenoxy) is 1. The third kappa shape index (κ3) is 3.92. The van der Waals surface area contributed by atoms with Crippen molar-refractivity contribution in [1.82, 2.24) is 33.9 Å². The number of aromatic carboxylic acids is 1. The molecule has 0 fully saturated rings. The molecule has 5 rings (SSSR count). The van der Waals surface area contributed by atoms with E-state index in [1.54, 1.807) is 30.0 Å². The van der Waals surface area contributed by atoms with E-state index >= 15 is 0 Å². The second-order valence-electron chi connectivity index (χ2n) is 8.28. The van der Waals surface area contributed by atoms with Crippen molar-refractivity contribution >= 4 is 11.5 Å². The van der Waals surface area contributed by atoms with E-state index in [2.05, 4.69) is 20.3 Å². The van der Waals surface area contributed by atoms with Gasteiger partial charge in [-0.15, -0.1) is 10.2 Å². The Balaban J connectivity index is 1.75. The van der Waals surface area contributed by atoms with E-state index < -0.39 is 5.97 Å². The second-order valence-corrected chi connectivity index (χ2v) is 8.28. The zero-order valence-corrected chi connectivity index (χ0v) is 19.9. The van der Waals surface area contributed by atoms with E-state index in [4.69, 9.17) is 4.74 Å². The lowest BCUT2D eigenvalue weighted by molar-refractivity contribution is 0.0696. The van der Waals surface area contributed by atoms with Gasteiger partial charge in [0.25, 0.3) is 0 Å². The number of hydrogen-bond donors (Lipinski definition) is 1. The summed E-state index contributed by atoms with van der Waals surface area (Å²) >= 11 is 0. The van der Waals surface area contributed by atoms with Gasteiger partial charge < -0.3 is 18.8 Å². The summed E-state index contributed by atoms with van der Waals surface area (Å²) in [6.07, 6.45) is 3.30. The summed E-state index contributed by atoms with van der Waals surface area (Å²) in [4.78, 5) is 16.3. The second kappa shape index (κ2) is 8.71. The van der Waals surface area contributed by atoms with Crippen LogP contribution in [0.5, 0.6) is 5.75 Å². The monoisotopic (exact) mass is 471 g/mol. The molecule has 0 amide bonds. The van der Waals surface area contributed by atoms with Crippen molar-refractivity contribution < 1.29 is 14.6 Å². The Hall–Kier alpha value is -4.47. The summed E-state index contributed by atoms with van der Waals surface area (Å²) in [5.74, 6) is 1.62. The number of imidazole rings is 1. The van der Waals surface area contributed by atoms with Crippen LogP contribution in [0.1, 0.15) is 34.4 Å². The molecule has 35 heavy (non-hydrogen) atoms. The Morgan fingerprint density at radius 3 is 2.51 bits per heavy atom. The van der Waals surface area contributed by atoms with Gasteiger partial charge in [0.05, 0.1) is 36.6 Å². The SMILES string of the molecule is CCn1nc(C)cc1-c1nnc(-c2cc(C(=O)O)cn3c(C)ncc23)n1Cc1ccc(OC)cc1. The maximum Gasteiger partial charge on any atom is 0.337 e. The number of carboxylic acids is 1. The third-order valence-electron chi connectivity index (χ3n) is 5.99. The van der Waals surface area contributed by atoms with E-state index in [-0.39, 0.29) is 5.56 Å². The van der Waals surface area contributed by atoms with Crippen molar-refractivity contribution in [3.05, 3.63) is 71.4 Å². The van der Waals surface area contributed by atoms with Crippen LogP contribution in [0.15, 0.2) is 48.8 Å². The molecule has 4 aromatic heterocycles. The predicted molar refractivity (Wildman–Crippen MR) is 130 cm³/mol. The highest BCUT2D eigenvalue weighted by Crippen LogP contribution is 2.30. The lowest BCUT2D eigenvalue weighted by atomic mass is 10.1. The standard InChI is InChI=1S/C25H25N7O3/c1-5-32-21(10-15(2)29-32)24-28-27-23(31(24)13-17-6-8-19(35-4)9-7-17)20-11-18(25(33)34)14-30-16(3)26-12-22(20)30/h6-12,14H,5,13H2,1-4H3,(H,33,34). The van der Waals surface area contributed by atoms with Gasteiger partial charge in [0.15, 0.2) is 11.6 Å². The molecule has 4 heterocycles. The van der Waals surface area contributed by atoms with Gasteiger partial charge in [0.1, 0.15) is 17.3 Å². The molecule has 0 unspecified atom stereocenters. The van der Waals surface area contributed by atoms with E-state index in [9.17, 15) is 9.90 Å². The Bertz CT molecular complexity index is 1540. The van der Waals surface area contributed by atoms with Crippen LogP contribution in [0.25, 0.3) is 28.4 Å². The molecular formula is C25H25N7O3. The van der Waals surface area contributed by atoms with Gasteiger partial charge in [0, 0.05) is 18.3 Å². The smallest absolute Gasteiger partial charge is 0.337 e. The number of carbonyl (C=O) groups is 1. The van der Waals surface area contributed by atoms with E-state index in [1.165, 1.54) is 0 Å². The van der Waals surface area contributed by atoms with Gasteiger partial charge in [-0.05, 0) is 50.6 Å². The van der Waals surface area contributed by atoms with Crippen molar-refractivity contribution in [2.45, 2.75) is 33.9 Å². The first-order valence-corrected chi connectivity index (χ1v) is 11.2. The summed E-state index contributed by atoms with van der Waals surface area (Å²) in [6.45, 7) is 6.94. The summed E-state index contributed by atoms with van der Waals surface area (Å²) in [7, 11) is 1.63. The van der Waals surface area contributed by atoms with E-state index in [0.717, 1.165) is 28.2 Å². The molecule has 10 nitrogen and oxygen atoms in total. The average Bonchev–Trinajstić information content (AvgIpc) is 3.55. The highest BCUT2D eigenvalue weighted by atomic mass is 16.5. The molecule has 0 spiro atoms. The summed E-state index contributed by atoms with van der Waals surface area (Å²) in [5, 5.41) is 23.4. The van der Waals surface area contributed by atoms with Crippen LogP contribution in [0, 0.1) is 13.8 Å². The molecule has 0 aliphatic rings. The highest BCUT2D eigenvalue weighted by Gasteiger charge is 2.23. The summed E-state index contributed by atoms with van der Waals surface area (Å²) < 4.78 is 11.0. The van der Waals surface area contributed by atoms with Crippen LogP contribution >= 0.6 is 0 Å². The number of aromatic nitrogens is 7. The maximum atomic E-state index is 11.9. The molecule has 0 aliphatic heterocycles. The number of rotatable bonds is 7. The number of carboxylic acid groups (broad SMARTS) is 1. The quantitative estimate of drug-likeness (QED) is 0.384. The molecule has 0 saturated heterocycles. The molecule has 0 aliphatic carbocycles. The average molecular weight is 472 g/mol. The van der Waals surface area contributed by atoms with Gasteiger partial charge in [-0.2, -0.15) is 5.10 Å². The Morgan fingerprint density at radius 1 is 1.09 bits per heavy atom. The lowest BCUT2D eigenvalue weighted by Gasteiger charge is -2.13. The number of aryl methyl sites for hydroxylation is 3. The number of pyridine rings is 1.